The minimum Gasteiger partial charge on any atom is -0.456 e. The standard InChI is InChI=1S/C25H28N2O5/c1-16-7-3-8-17(2)27(16)21(28)15-32-22(29)13-6-14-26-24(30)19-11-4-9-18-10-5-12-20(23(18)19)25(26)31/h4-5,9-12,16-17H,3,6-8,13-15H2,1-2H3/t16-,17-/m1/s1. The van der Waals surface area contributed by atoms with E-state index >= 15 is 0 Å². The van der Waals surface area contributed by atoms with Gasteiger partial charge in [0.2, 0.25) is 0 Å². The average Bonchev–Trinajstić information content (AvgIpc) is 2.78. The first-order chi connectivity index (χ1) is 15.4. The van der Waals surface area contributed by atoms with Gasteiger partial charge >= 0.3 is 5.97 Å². The summed E-state index contributed by atoms with van der Waals surface area (Å²) in [5.41, 5.74) is 0.992. The van der Waals surface area contributed by atoms with Crippen molar-refractivity contribution in [3.05, 3.63) is 47.5 Å². The molecule has 168 valence electrons. The molecule has 0 unspecified atom stereocenters. The summed E-state index contributed by atoms with van der Waals surface area (Å²) < 4.78 is 5.18. The quantitative estimate of drug-likeness (QED) is 0.511. The van der Waals surface area contributed by atoms with Crippen molar-refractivity contribution < 1.29 is 23.9 Å². The molecule has 0 radical (unpaired) electrons. The van der Waals surface area contributed by atoms with E-state index in [-0.39, 0.29) is 55.8 Å². The summed E-state index contributed by atoms with van der Waals surface area (Å²) in [6, 6.07) is 11.1. The number of rotatable bonds is 6. The number of esters is 1. The molecule has 32 heavy (non-hydrogen) atoms. The Morgan fingerprint density at radius 2 is 1.56 bits per heavy atom. The Hall–Kier alpha value is -3.22. The van der Waals surface area contributed by atoms with Gasteiger partial charge in [0, 0.05) is 41.6 Å². The third kappa shape index (κ3) is 4.11. The number of hydrogen-bond donors (Lipinski definition) is 0. The Bertz CT molecular complexity index is 1020. The van der Waals surface area contributed by atoms with Crippen LogP contribution in [-0.2, 0) is 14.3 Å². The smallest absolute Gasteiger partial charge is 0.306 e. The molecule has 0 N–H and O–H groups in total. The minimum absolute atomic E-state index is 0.0291. The summed E-state index contributed by atoms with van der Waals surface area (Å²) in [6.07, 6.45) is 3.32. The van der Waals surface area contributed by atoms with Crippen molar-refractivity contribution in [1.29, 1.82) is 0 Å². The maximum atomic E-state index is 12.9. The van der Waals surface area contributed by atoms with Gasteiger partial charge in [-0.25, -0.2) is 0 Å². The molecule has 2 aromatic carbocycles. The van der Waals surface area contributed by atoms with E-state index in [9.17, 15) is 19.2 Å². The molecule has 4 rings (SSSR count). The van der Waals surface area contributed by atoms with Crippen LogP contribution in [0, 0.1) is 0 Å². The van der Waals surface area contributed by atoms with Crippen LogP contribution in [-0.4, -0.2) is 58.7 Å². The third-order valence-corrected chi connectivity index (χ3v) is 6.46. The number of carbonyl (C=O) groups is 4. The molecular weight excluding hydrogens is 408 g/mol. The number of amides is 3. The van der Waals surface area contributed by atoms with Crippen LogP contribution in [0.3, 0.4) is 0 Å². The van der Waals surface area contributed by atoms with E-state index in [1.54, 1.807) is 29.2 Å². The molecule has 0 aliphatic carbocycles. The first kappa shape index (κ1) is 22.0. The molecule has 0 bridgehead atoms. The van der Waals surface area contributed by atoms with Crippen molar-refractivity contribution in [2.24, 2.45) is 0 Å². The van der Waals surface area contributed by atoms with Crippen LogP contribution in [0.4, 0.5) is 0 Å². The molecule has 1 fully saturated rings. The van der Waals surface area contributed by atoms with E-state index in [1.807, 2.05) is 26.0 Å². The highest BCUT2D eigenvalue weighted by atomic mass is 16.5. The molecular formula is C25H28N2O5. The van der Waals surface area contributed by atoms with Crippen LogP contribution in [0.1, 0.15) is 66.7 Å². The lowest BCUT2D eigenvalue weighted by Gasteiger charge is -2.38. The van der Waals surface area contributed by atoms with Gasteiger partial charge in [-0.1, -0.05) is 24.3 Å². The predicted octanol–water partition coefficient (Wildman–Crippen LogP) is 3.55. The van der Waals surface area contributed by atoms with Crippen molar-refractivity contribution in [2.75, 3.05) is 13.2 Å². The molecule has 2 aliphatic heterocycles. The summed E-state index contributed by atoms with van der Waals surface area (Å²) in [5.74, 6) is -1.38. The van der Waals surface area contributed by atoms with Gasteiger partial charge in [0.1, 0.15) is 0 Å². The molecule has 2 heterocycles. The fourth-order valence-corrected chi connectivity index (χ4v) is 4.87. The van der Waals surface area contributed by atoms with Crippen molar-refractivity contribution in [1.82, 2.24) is 9.80 Å². The SMILES string of the molecule is C[C@@H]1CCC[C@@H](C)N1C(=O)COC(=O)CCCN1C(=O)c2cccc3cccc(c23)C1=O. The number of imide groups is 1. The lowest BCUT2D eigenvalue weighted by atomic mass is 9.94. The molecule has 0 aromatic heterocycles. The molecule has 3 amide bonds. The highest BCUT2D eigenvalue weighted by Crippen LogP contribution is 2.30. The van der Waals surface area contributed by atoms with E-state index in [0.29, 0.717) is 16.5 Å². The molecule has 7 nitrogen and oxygen atoms in total. The highest BCUT2D eigenvalue weighted by molar-refractivity contribution is 6.25. The van der Waals surface area contributed by atoms with E-state index in [4.69, 9.17) is 4.74 Å². The molecule has 1 saturated heterocycles. The number of likely N-dealkylation sites (tertiary alicyclic amines) is 1. The summed E-state index contributed by atoms with van der Waals surface area (Å²) in [7, 11) is 0. The van der Waals surface area contributed by atoms with Gasteiger partial charge in [-0.05, 0) is 57.0 Å². The molecule has 2 atom stereocenters. The number of carbonyl (C=O) groups excluding carboxylic acids is 4. The Labute approximate surface area is 187 Å². The lowest BCUT2D eigenvalue weighted by Crippen LogP contribution is -2.49. The van der Waals surface area contributed by atoms with Gasteiger partial charge in [-0.2, -0.15) is 0 Å². The Morgan fingerprint density at radius 3 is 2.16 bits per heavy atom. The number of benzene rings is 2. The van der Waals surface area contributed by atoms with Crippen molar-refractivity contribution in [2.45, 2.75) is 58.0 Å². The van der Waals surface area contributed by atoms with Crippen LogP contribution < -0.4 is 0 Å². The highest BCUT2D eigenvalue weighted by Gasteiger charge is 2.32. The Morgan fingerprint density at radius 1 is 0.969 bits per heavy atom. The zero-order valence-electron chi connectivity index (χ0n) is 18.5. The average molecular weight is 437 g/mol. The second-order valence-corrected chi connectivity index (χ2v) is 8.67. The van der Waals surface area contributed by atoms with Crippen LogP contribution in [0.5, 0.6) is 0 Å². The summed E-state index contributed by atoms with van der Waals surface area (Å²) in [6.45, 7) is 3.87. The number of ether oxygens (including phenoxy) is 1. The van der Waals surface area contributed by atoms with Crippen molar-refractivity contribution in [3.8, 4) is 0 Å². The van der Waals surface area contributed by atoms with E-state index in [2.05, 4.69) is 0 Å². The van der Waals surface area contributed by atoms with Gasteiger partial charge in [0.25, 0.3) is 17.7 Å². The fourth-order valence-electron chi connectivity index (χ4n) is 4.87. The van der Waals surface area contributed by atoms with Gasteiger partial charge in [-0.3, -0.25) is 24.1 Å². The first-order valence-corrected chi connectivity index (χ1v) is 11.2. The molecule has 7 heteroatoms. The van der Waals surface area contributed by atoms with Crippen molar-refractivity contribution in [3.63, 3.8) is 0 Å². The van der Waals surface area contributed by atoms with Gasteiger partial charge in [-0.15, -0.1) is 0 Å². The Balaban J connectivity index is 1.31. The molecule has 2 aromatic rings. The normalized spacial score (nSPS) is 20.6. The summed E-state index contributed by atoms with van der Waals surface area (Å²) in [4.78, 5) is 53.4. The maximum absolute atomic E-state index is 12.9. The maximum Gasteiger partial charge on any atom is 0.306 e. The Kier molecular flexibility index (Phi) is 6.26. The van der Waals surface area contributed by atoms with E-state index in [0.717, 1.165) is 24.6 Å². The molecule has 0 spiro atoms. The van der Waals surface area contributed by atoms with Crippen LogP contribution >= 0.6 is 0 Å². The van der Waals surface area contributed by atoms with Crippen molar-refractivity contribution >= 4 is 34.5 Å². The molecule has 0 saturated carbocycles. The zero-order chi connectivity index (χ0) is 22.8. The van der Waals surface area contributed by atoms with Gasteiger partial charge in [0.05, 0.1) is 0 Å². The van der Waals surface area contributed by atoms with Crippen LogP contribution in [0.25, 0.3) is 10.8 Å². The number of piperidine rings is 1. The van der Waals surface area contributed by atoms with Gasteiger partial charge in [0.15, 0.2) is 6.61 Å². The third-order valence-electron chi connectivity index (χ3n) is 6.46. The lowest BCUT2D eigenvalue weighted by molar-refractivity contribution is -0.154. The predicted molar refractivity (Wildman–Crippen MR) is 119 cm³/mol. The largest absolute Gasteiger partial charge is 0.456 e. The van der Waals surface area contributed by atoms with E-state index in [1.165, 1.54) is 4.90 Å². The van der Waals surface area contributed by atoms with Crippen LogP contribution in [0.15, 0.2) is 36.4 Å². The second kappa shape index (κ2) is 9.10. The molecule has 2 aliphatic rings. The van der Waals surface area contributed by atoms with E-state index < -0.39 is 5.97 Å². The first-order valence-electron chi connectivity index (χ1n) is 11.2. The minimum atomic E-state index is -0.505. The number of nitrogens with zero attached hydrogens (tertiary/aromatic N) is 2. The van der Waals surface area contributed by atoms with Gasteiger partial charge < -0.3 is 9.64 Å². The monoisotopic (exact) mass is 436 g/mol. The zero-order valence-corrected chi connectivity index (χ0v) is 18.5. The topological polar surface area (TPSA) is 84.0 Å². The summed E-state index contributed by atoms with van der Waals surface area (Å²) in [5, 5.41) is 1.53. The summed E-state index contributed by atoms with van der Waals surface area (Å²) >= 11 is 0. The van der Waals surface area contributed by atoms with Crippen LogP contribution in [0.2, 0.25) is 0 Å². The number of hydrogen-bond acceptors (Lipinski definition) is 5. The fraction of sp³-hybridized carbons (Fsp3) is 0.440. The second-order valence-electron chi connectivity index (χ2n) is 8.67.